The second-order valence-electron chi connectivity index (χ2n) is 7.34. The van der Waals surface area contributed by atoms with Crippen LogP contribution in [-0.4, -0.2) is 21.2 Å². The zero-order chi connectivity index (χ0) is 18.3. The number of aldehydes is 1. The van der Waals surface area contributed by atoms with Crippen molar-refractivity contribution in [1.29, 1.82) is 0 Å². The Kier molecular flexibility index (Phi) is 6.51. The van der Waals surface area contributed by atoms with Crippen LogP contribution in [-0.2, 0) is 9.22 Å². The molecule has 2 rings (SSSR count). The Morgan fingerprint density at radius 1 is 1.00 bits per heavy atom. The summed E-state index contributed by atoms with van der Waals surface area (Å²) >= 11 is 0. The molecular weight excluding hydrogens is 324 g/mol. The molecule has 0 aromatic heterocycles. The number of carbonyl (C=O) groups is 1. The van der Waals surface area contributed by atoms with Gasteiger partial charge in [0, 0.05) is 12.5 Å². The SMILES string of the molecule is C=C[C@H](C=O)CCO[Si](c1ccccc1)(c1ccccc1)C(C)(C)C. The molecule has 2 nitrogen and oxygen atoms in total. The molecule has 0 aliphatic heterocycles. The summed E-state index contributed by atoms with van der Waals surface area (Å²) in [4.78, 5) is 11.1. The van der Waals surface area contributed by atoms with Crippen molar-refractivity contribution < 1.29 is 9.22 Å². The molecule has 2 aromatic carbocycles. The highest BCUT2D eigenvalue weighted by Crippen LogP contribution is 2.36. The van der Waals surface area contributed by atoms with Gasteiger partial charge in [0.05, 0.1) is 0 Å². The second kappa shape index (κ2) is 8.41. The minimum atomic E-state index is -2.49. The van der Waals surface area contributed by atoms with Crippen LogP contribution in [0, 0.1) is 5.92 Å². The standard InChI is InChI=1S/C22H28O2Si/c1-5-19(18-23)16-17-24-25(22(2,3)4,20-12-8-6-9-13-20)21-14-10-7-11-15-21/h5-15,18-19H,1,16-17H2,2-4H3/t19-/m0/s1. The van der Waals surface area contributed by atoms with Crippen molar-refractivity contribution in [1.82, 2.24) is 0 Å². The molecule has 0 bridgehead atoms. The maximum absolute atomic E-state index is 11.1. The fraction of sp³-hybridized carbons (Fsp3) is 0.318. The Morgan fingerprint density at radius 3 is 1.84 bits per heavy atom. The third-order valence-electron chi connectivity index (χ3n) is 4.66. The van der Waals surface area contributed by atoms with E-state index >= 15 is 0 Å². The zero-order valence-corrected chi connectivity index (χ0v) is 16.4. The van der Waals surface area contributed by atoms with E-state index in [1.807, 2.05) is 12.1 Å². The summed E-state index contributed by atoms with van der Waals surface area (Å²) in [5.74, 6) is -0.154. The second-order valence-corrected chi connectivity index (χ2v) is 11.6. The quantitative estimate of drug-likeness (QED) is 0.408. The largest absolute Gasteiger partial charge is 0.407 e. The third kappa shape index (κ3) is 4.17. The predicted octanol–water partition coefficient (Wildman–Crippen LogP) is 3.95. The molecule has 0 aliphatic rings. The molecule has 0 N–H and O–H groups in total. The van der Waals surface area contributed by atoms with Crippen LogP contribution in [0.1, 0.15) is 27.2 Å². The van der Waals surface area contributed by atoms with Gasteiger partial charge in [0.1, 0.15) is 6.29 Å². The number of hydrogen-bond acceptors (Lipinski definition) is 2. The van der Waals surface area contributed by atoms with E-state index in [4.69, 9.17) is 4.43 Å². The first-order valence-corrected chi connectivity index (χ1v) is 10.7. The summed E-state index contributed by atoms with van der Waals surface area (Å²) in [6.45, 7) is 11.0. The van der Waals surface area contributed by atoms with Crippen LogP contribution in [0.15, 0.2) is 73.3 Å². The first-order valence-electron chi connectivity index (χ1n) is 8.78. The maximum Gasteiger partial charge on any atom is 0.261 e. The van der Waals surface area contributed by atoms with E-state index in [0.717, 1.165) is 6.29 Å². The molecule has 0 radical (unpaired) electrons. The summed E-state index contributed by atoms with van der Waals surface area (Å²) < 4.78 is 6.73. The lowest BCUT2D eigenvalue weighted by molar-refractivity contribution is -0.110. The molecule has 0 amide bonds. The number of rotatable bonds is 8. The van der Waals surface area contributed by atoms with E-state index in [-0.39, 0.29) is 11.0 Å². The molecule has 0 spiro atoms. The van der Waals surface area contributed by atoms with Crippen LogP contribution < -0.4 is 10.4 Å². The normalized spacial score (nSPS) is 13.2. The highest BCUT2D eigenvalue weighted by Gasteiger charge is 2.49. The highest BCUT2D eigenvalue weighted by atomic mass is 28.4. The van der Waals surface area contributed by atoms with E-state index in [1.54, 1.807) is 6.08 Å². The van der Waals surface area contributed by atoms with Gasteiger partial charge in [0.25, 0.3) is 8.32 Å². The average molecular weight is 353 g/mol. The van der Waals surface area contributed by atoms with Crippen molar-refractivity contribution in [2.75, 3.05) is 6.61 Å². The van der Waals surface area contributed by atoms with Gasteiger partial charge >= 0.3 is 0 Å². The maximum atomic E-state index is 11.1. The summed E-state index contributed by atoms with van der Waals surface area (Å²) in [5.41, 5.74) is 0. The van der Waals surface area contributed by atoms with Crippen molar-refractivity contribution >= 4 is 25.0 Å². The van der Waals surface area contributed by atoms with Crippen LogP contribution in [0.2, 0.25) is 5.04 Å². The van der Waals surface area contributed by atoms with Gasteiger partial charge in [-0.3, -0.25) is 0 Å². The molecule has 0 fully saturated rings. The molecule has 0 unspecified atom stereocenters. The minimum Gasteiger partial charge on any atom is -0.407 e. The van der Waals surface area contributed by atoms with Gasteiger partial charge in [-0.1, -0.05) is 87.5 Å². The van der Waals surface area contributed by atoms with Crippen molar-refractivity contribution in [3.05, 3.63) is 73.3 Å². The van der Waals surface area contributed by atoms with Crippen molar-refractivity contribution in [3.63, 3.8) is 0 Å². The topological polar surface area (TPSA) is 26.3 Å². The number of allylic oxidation sites excluding steroid dienone is 1. The van der Waals surface area contributed by atoms with E-state index < -0.39 is 8.32 Å². The Bertz CT molecular complexity index is 627. The molecule has 0 saturated heterocycles. The predicted molar refractivity (Wildman–Crippen MR) is 108 cm³/mol. The molecule has 2 aromatic rings. The third-order valence-corrected chi connectivity index (χ3v) is 9.71. The lowest BCUT2D eigenvalue weighted by Gasteiger charge is -2.43. The summed E-state index contributed by atoms with van der Waals surface area (Å²) in [6, 6.07) is 21.1. The zero-order valence-electron chi connectivity index (χ0n) is 15.4. The monoisotopic (exact) mass is 352 g/mol. The Morgan fingerprint density at radius 2 is 1.48 bits per heavy atom. The highest BCUT2D eigenvalue weighted by molar-refractivity contribution is 6.99. The van der Waals surface area contributed by atoms with Crippen LogP contribution >= 0.6 is 0 Å². The Labute approximate surface area is 152 Å². The fourth-order valence-electron chi connectivity index (χ4n) is 3.35. The van der Waals surface area contributed by atoms with Gasteiger partial charge in [-0.25, -0.2) is 0 Å². The lowest BCUT2D eigenvalue weighted by atomic mass is 10.1. The number of carbonyl (C=O) groups excluding carboxylic acids is 1. The van der Waals surface area contributed by atoms with Crippen molar-refractivity contribution in [3.8, 4) is 0 Å². The molecule has 3 heteroatoms. The van der Waals surface area contributed by atoms with Crippen molar-refractivity contribution in [2.45, 2.75) is 32.2 Å². The molecule has 0 aliphatic carbocycles. The summed E-state index contributed by atoms with van der Waals surface area (Å²) in [7, 11) is -2.49. The Balaban J connectivity index is 2.49. The number of hydrogen-bond donors (Lipinski definition) is 0. The van der Waals surface area contributed by atoms with Gasteiger partial charge < -0.3 is 9.22 Å². The van der Waals surface area contributed by atoms with E-state index in [9.17, 15) is 4.79 Å². The fourth-order valence-corrected chi connectivity index (χ4v) is 7.93. The first-order chi connectivity index (χ1) is 12.0. The minimum absolute atomic E-state index is 0.0411. The van der Waals surface area contributed by atoms with E-state index in [1.165, 1.54) is 10.4 Å². The molecule has 1 atom stereocenters. The van der Waals surface area contributed by atoms with Gasteiger partial charge in [-0.2, -0.15) is 0 Å². The van der Waals surface area contributed by atoms with Gasteiger partial charge in [0.2, 0.25) is 0 Å². The van der Waals surface area contributed by atoms with Gasteiger partial charge in [0.15, 0.2) is 0 Å². The average Bonchev–Trinajstić information content (AvgIpc) is 2.62. The summed E-state index contributed by atoms with van der Waals surface area (Å²) in [6.07, 6.45) is 3.31. The molecule has 0 heterocycles. The van der Waals surface area contributed by atoms with Crippen LogP contribution in [0.4, 0.5) is 0 Å². The summed E-state index contributed by atoms with van der Waals surface area (Å²) in [5, 5.41) is 2.48. The van der Waals surface area contributed by atoms with Crippen LogP contribution in [0.3, 0.4) is 0 Å². The lowest BCUT2D eigenvalue weighted by Crippen LogP contribution is -2.66. The van der Waals surface area contributed by atoms with Gasteiger partial charge in [-0.05, 0) is 21.8 Å². The smallest absolute Gasteiger partial charge is 0.261 e. The van der Waals surface area contributed by atoms with Crippen LogP contribution in [0.5, 0.6) is 0 Å². The molecule has 132 valence electrons. The first kappa shape index (κ1) is 19.4. The Hall–Kier alpha value is -1.97. The van der Waals surface area contributed by atoms with E-state index in [0.29, 0.717) is 13.0 Å². The molecule has 0 saturated carbocycles. The molecular formula is C22H28O2Si. The molecule has 25 heavy (non-hydrogen) atoms. The van der Waals surface area contributed by atoms with Gasteiger partial charge in [-0.15, -0.1) is 6.58 Å². The van der Waals surface area contributed by atoms with Crippen molar-refractivity contribution in [2.24, 2.45) is 5.92 Å². The van der Waals surface area contributed by atoms with E-state index in [2.05, 4.69) is 75.9 Å². The van der Waals surface area contributed by atoms with Crippen LogP contribution in [0.25, 0.3) is 0 Å². The number of benzene rings is 2.